The van der Waals surface area contributed by atoms with Gasteiger partial charge in [-0.2, -0.15) is 0 Å². The van der Waals surface area contributed by atoms with Crippen LogP contribution in [0.1, 0.15) is 68.1 Å². The first-order chi connectivity index (χ1) is 18.3. The summed E-state index contributed by atoms with van der Waals surface area (Å²) in [6, 6.07) is 6.95. The number of nitrogens with one attached hydrogen (secondary N) is 1. The predicted octanol–water partition coefficient (Wildman–Crippen LogP) is 6.84. The summed E-state index contributed by atoms with van der Waals surface area (Å²) in [7, 11) is 6.41. The lowest BCUT2D eigenvalue weighted by Gasteiger charge is -2.24. The molecule has 0 aliphatic carbocycles. The van der Waals surface area contributed by atoms with Crippen LogP contribution in [0.15, 0.2) is 24.3 Å². The van der Waals surface area contributed by atoms with Gasteiger partial charge in [-0.05, 0) is 68.0 Å². The second-order valence-corrected chi connectivity index (χ2v) is 10.5. The normalized spacial score (nSPS) is 17.5. The number of amides is 2. The molecule has 210 valence electrons. The Morgan fingerprint density at radius 2 is 1.47 bits per heavy atom. The van der Waals surface area contributed by atoms with Crippen LogP contribution in [0.4, 0.5) is 10.5 Å². The van der Waals surface area contributed by atoms with Gasteiger partial charge in [0.15, 0.2) is 23.0 Å². The fraction of sp³-hybridized carbons (Fsp3) is 0.536. The van der Waals surface area contributed by atoms with E-state index >= 15 is 0 Å². The fourth-order valence-corrected chi connectivity index (χ4v) is 5.89. The van der Waals surface area contributed by atoms with E-state index in [9.17, 15) is 10.0 Å². The van der Waals surface area contributed by atoms with Crippen LogP contribution in [0, 0.1) is 0 Å². The Balaban J connectivity index is 1.93. The van der Waals surface area contributed by atoms with Crippen molar-refractivity contribution in [3.05, 3.63) is 35.4 Å². The minimum absolute atomic E-state index is 0.156. The Morgan fingerprint density at radius 3 is 1.95 bits per heavy atom. The van der Waals surface area contributed by atoms with E-state index in [-0.39, 0.29) is 16.5 Å². The minimum Gasteiger partial charge on any atom is -0.493 e. The molecular weight excluding hydrogens is 508 g/mol. The summed E-state index contributed by atoms with van der Waals surface area (Å²) in [6.45, 7) is 6.16. The minimum atomic E-state index is -0.616. The number of hydrogen-bond donors (Lipinski definition) is 2. The summed E-state index contributed by atoms with van der Waals surface area (Å²) in [6.07, 6.45) is 3.29. The third kappa shape index (κ3) is 6.53. The summed E-state index contributed by atoms with van der Waals surface area (Å²) in [5.74, 6) is 2.82. The summed E-state index contributed by atoms with van der Waals surface area (Å²) in [4.78, 5) is 12.8. The van der Waals surface area contributed by atoms with Crippen LogP contribution >= 0.6 is 11.8 Å². The molecule has 0 saturated carbocycles. The fourth-order valence-electron chi connectivity index (χ4n) is 4.37. The smallest absolute Gasteiger partial charge is 0.345 e. The van der Waals surface area contributed by atoms with Gasteiger partial charge in [-0.25, -0.2) is 9.86 Å². The highest BCUT2D eigenvalue weighted by Gasteiger charge is 2.31. The molecule has 2 amide bonds. The molecule has 1 aliphatic rings. The Bertz CT molecular complexity index is 1070. The largest absolute Gasteiger partial charge is 0.493 e. The first-order valence-electron chi connectivity index (χ1n) is 12.9. The molecular formula is C28H40N2O7S. The lowest BCUT2D eigenvalue weighted by molar-refractivity contribution is -0.0683. The van der Waals surface area contributed by atoms with Crippen molar-refractivity contribution in [2.75, 3.05) is 40.4 Å². The van der Waals surface area contributed by atoms with Crippen molar-refractivity contribution >= 4 is 23.5 Å². The van der Waals surface area contributed by atoms with E-state index in [0.717, 1.165) is 30.4 Å². The molecule has 3 atom stereocenters. The van der Waals surface area contributed by atoms with Crippen molar-refractivity contribution in [1.29, 1.82) is 0 Å². The van der Waals surface area contributed by atoms with Gasteiger partial charge in [-0.1, -0.05) is 13.8 Å². The summed E-state index contributed by atoms with van der Waals surface area (Å²) < 4.78 is 28.2. The average Bonchev–Trinajstić information content (AvgIpc) is 3.44. The van der Waals surface area contributed by atoms with Crippen molar-refractivity contribution in [2.24, 2.45) is 0 Å². The molecule has 0 radical (unpaired) electrons. The molecule has 1 aliphatic heterocycles. The Morgan fingerprint density at radius 1 is 0.947 bits per heavy atom. The van der Waals surface area contributed by atoms with Gasteiger partial charge in [0, 0.05) is 10.5 Å². The maximum absolute atomic E-state index is 12.8. The number of hydroxylamine groups is 2. The lowest BCUT2D eigenvalue weighted by Crippen LogP contribution is -2.38. The predicted molar refractivity (Wildman–Crippen MR) is 150 cm³/mol. The number of urea groups is 1. The quantitative estimate of drug-likeness (QED) is 0.220. The molecule has 0 aromatic heterocycles. The van der Waals surface area contributed by atoms with E-state index < -0.39 is 6.03 Å². The molecule has 0 bridgehead atoms. The van der Waals surface area contributed by atoms with Gasteiger partial charge >= 0.3 is 6.03 Å². The third-order valence-electron chi connectivity index (χ3n) is 6.66. The van der Waals surface area contributed by atoms with Gasteiger partial charge in [0.1, 0.15) is 0 Å². The second kappa shape index (κ2) is 13.7. The summed E-state index contributed by atoms with van der Waals surface area (Å²) in [5.41, 5.74) is 2.57. The highest BCUT2D eigenvalue weighted by Crippen LogP contribution is 2.56. The van der Waals surface area contributed by atoms with Gasteiger partial charge in [0.25, 0.3) is 0 Å². The molecule has 1 saturated heterocycles. The molecule has 3 unspecified atom stereocenters. The first-order valence-corrected chi connectivity index (χ1v) is 13.8. The zero-order chi connectivity index (χ0) is 27.8. The Labute approximate surface area is 229 Å². The molecule has 2 aromatic carbocycles. The van der Waals surface area contributed by atoms with Crippen LogP contribution in [0.25, 0.3) is 0 Å². The van der Waals surface area contributed by atoms with Crippen LogP contribution in [-0.2, 0) is 0 Å². The molecule has 2 aromatic rings. The molecule has 1 heterocycles. The van der Waals surface area contributed by atoms with Gasteiger partial charge in [-0.3, -0.25) is 5.21 Å². The molecule has 1 fully saturated rings. The number of hydrogen-bond acceptors (Lipinski definition) is 8. The van der Waals surface area contributed by atoms with Gasteiger partial charge in [0.05, 0.1) is 46.8 Å². The van der Waals surface area contributed by atoms with Gasteiger partial charge in [0.2, 0.25) is 5.75 Å². The van der Waals surface area contributed by atoms with E-state index in [0.29, 0.717) is 52.5 Å². The number of benzene rings is 2. The highest BCUT2D eigenvalue weighted by molar-refractivity contribution is 8.00. The van der Waals surface area contributed by atoms with Crippen molar-refractivity contribution in [1.82, 2.24) is 5.06 Å². The molecule has 3 rings (SSSR count). The SMILES string of the molecule is CCCOc1c(NC(=O)N(O)C(C)CC)cc(C2CCC(c3cc(OC)c(OC)c(OC)c3)S2)cc1OC. The van der Waals surface area contributed by atoms with E-state index in [1.54, 1.807) is 35.4 Å². The van der Waals surface area contributed by atoms with Crippen LogP contribution in [-0.4, -0.2) is 57.4 Å². The summed E-state index contributed by atoms with van der Waals surface area (Å²) >= 11 is 1.83. The number of ether oxygens (including phenoxy) is 5. The zero-order valence-corrected chi connectivity index (χ0v) is 24.1. The van der Waals surface area contributed by atoms with Crippen LogP contribution in [0.3, 0.4) is 0 Å². The van der Waals surface area contributed by atoms with Gasteiger partial charge in [-0.15, -0.1) is 11.8 Å². The standard InChI is InChI=1S/C28H40N2O7S/c1-8-12-37-26-20(29-28(31)30(32)17(3)9-2)13-18(14-21(26)33-4)24-10-11-25(38-24)19-15-22(34-5)27(36-7)23(16-19)35-6/h13-17,24-25,32H,8-12H2,1-7H3,(H,29,31). The van der Waals surface area contributed by atoms with Crippen LogP contribution in [0.2, 0.25) is 0 Å². The lowest BCUT2D eigenvalue weighted by atomic mass is 10.0. The monoisotopic (exact) mass is 548 g/mol. The number of carbonyl (C=O) groups is 1. The maximum Gasteiger partial charge on any atom is 0.345 e. The Hall–Kier alpha value is -2.98. The van der Waals surface area contributed by atoms with Crippen molar-refractivity contribution < 1.29 is 33.7 Å². The first kappa shape index (κ1) is 29.6. The van der Waals surface area contributed by atoms with E-state index in [1.165, 1.54) is 0 Å². The second-order valence-electron chi connectivity index (χ2n) is 9.13. The van der Waals surface area contributed by atoms with Crippen LogP contribution in [0.5, 0.6) is 28.7 Å². The molecule has 9 nitrogen and oxygen atoms in total. The number of methoxy groups -OCH3 is 4. The van der Waals surface area contributed by atoms with Crippen molar-refractivity contribution in [2.45, 2.75) is 63.0 Å². The Kier molecular flexibility index (Phi) is 10.7. The van der Waals surface area contributed by atoms with Crippen molar-refractivity contribution in [3.8, 4) is 28.7 Å². The van der Waals surface area contributed by atoms with Crippen molar-refractivity contribution in [3.63, 3.8) is 0 Å². The summed E-state index contributed by atoms with van der Waals surface area (Å²) in [5, 5.41) is 14.2. The topological polar surface area (TPSA) is 98.7 Å². The van der Waals surface area contributed by atoms with E-state index in [1.807, 2.05) is 49.9 Å². The van der Waals surface area contributed by atoms with Crippen LogP contribution < -0.4 is 29.0 Å². The van der Waals surface area contributed by atoms with Gasteiger partial charge < -0.3 is 29.0 Å². The van der Waals surface area contributed by atoms with E-state index in [4.69, 9.17) is 23.7 Å². The number of carbonyl (C=O) groups excluding carboxylic acids is 1. The number of nitrogens with zero attached hydrogens (tertiary/aromatic N) is 1. The molecule has 10 heteroatoms. The maximum atomic E-state index is 12.8. The highest BCUT2D eigenvalue weighted by atomic mass is 32.2. The van der Waals surface area contributed by atoms with E-state index in [2.05, 4.69) is 5.32 Å². The number of rotatable bonds is 12. The zero-order valence-electron chi connectivity index (χ0n) is 23.3. The molecule has 0 spiro atoms. The third-order valence-corrected chi connectivity index (χ3v) is 8.33. The molecule has 38 heavy (non-hydrogen) atoms. The number of anilines is 1. The average molecular weight is 549 g/mol. The number of thioether (sulfide) groups is 1. The molecule has 2 N–H and O–H groups in total.